The van der Waals surface area contributed by atoms with Crippen molar-refractivity contribution >= 4 is 22.8 Å². The molecule has 0 aliphatic heterocycles. The van der Waals surface area contributed by atoms with Gasteiger partial charge in [0.1, 0.15) is 5.75 Å². The number of carbonyl (C=O) groups excluding carboxylic acids is 1. The molecule has 1 aromatic heterocycles. The average molecular weight is 457 g/mol. The third-order valence-corrected chi connectivity index (χ3v) is 5.80. The number of hydrogen-bond acceptors (Lipinski definition) is 3. The van der Waals surface area contributed by atoms with E-state index in [4.69, 9.17) is 4.74 Å². The SMILES string of the molecule is CC(C)c1ccc(OCC(=O)NCCc2cn(-c3ccccc3)c3ccc(C(=O)O)cc23)cc1. The highest BCUT2D eigenvalue weighted by Crippen LogP contribution is 2.26. The van der Waals surface area contributed by atoms with Gasteiger partial charge in [-0.25, -0.2) is 4.79 Å². The lowest BCUT2D eigenvalue weighted by atomic mass is 10.0. The number of aromatic nitrogens is 1. The molecule has 2 N–H and O–H groups in total. The topological polar surface area (TPSA) is 80.6 Å². The zero-order chi connectivity index (χ0) is 24.1. The van der Waals surface area contributed by atoms with E-state index in [1.807, 2.05) is 71.4 Å². The van der Waals surface area contributed by atoms with Crippen LogP contribution in [0.5, 0.6) is 5.75 Å². The Morgan fingerprint density at radius 1 is 1.00 bits per heavy atom. The molecule has 174 valence electrons. The maximum atomic E-state index is 12.3. The van der Waals surface area contributed by atoms with Crippen molar-refractivity contribution in [1.29, 1.82) is 0 Å². The molecule has 0 spiro atoms. The normalized spacial score (nSPS) is 11.0. The second-order valence-corrected chi connectivity index (χ2v) is 8.51. The van der Waals surface area contributed by atoms with Crippen molar-refractivity contribution in [2.45, 2.75) is 26.2 Å². The third kappa shape index (κ3) is 5.29. The van der Waals surface area contributed by atoms with E-state index >= 15 is 0 Å². The van der Waals surface area contributed by atoms with Crippen LogP contribution in [0.4, 0.5) is 0 Å². The quantitative estimate of drug-likeness (QED) is 0.363. The Morgan fingerprint density at radius 3 is 2.41 bits per heavy atom. The summed E-state index contributed by atoms with van der Waals surface area (Å²) in [7, 11) is 0. The lowest BCUT2D eigenvalue weighted by Gasteiger charge is -2.09. The smallest absolute Gasteiger partial charge is 0.335 e. The van der Waals surface area contributed by atoms with Crippen LogP contribution in [-0.4, -0.2) is 34.7 Å². The van der Waals surface area contributed by atoms with E-state index in [-0.39, 0.29) is 18.1 Å². The Morgan fingerprint density at radius 2 is 1.74 bits per heavy atom. The van der Waals surface area contributed by atoms with Gasteiger partial charge in [0.05, 0.1) is 11.1 Å². The summed E-state index contributed by atoms with van der Waals surface area (Å²) in [6, 6.07) is 22.8. The molecule has 0 bridgehead atoms. The highest BCUT2D eigenvalue weighted by atomic mass is 16.5. The highest BCUT2D eigenvalue weighted by Gasteiger charge is 2.13. The molecule has 4 rings (SSSR count). The van der Waals surface area contributed by atoms with Crippen LogP contribution in [0.1, 0.15) is 41.3 Å². The summed E-state index contributed by atoms with van der Waals surface area (Å²) >= 11 is 0. The van der Waals surface area contributed by atoms with E-state index in [1.54, 1.807) is 12.1 Å². The largest absolute Gasteiger partial charge is 0.484 e. The number of hydrogen-bond donors (Lipinski definition) is 2. The number of para-hydroxylation sites is 1. The molecule has 0 atom stereocenters. The van der Waals surface area contributed by atoms with Gasteiger partial charge in [0.25, 0.3) is 5.91 Å². The van der Waals surface area contributed by atoms with E-state index < -0.39 is 5.97 Å². The van der Waals surface area contributed by atoms with Gasteiger partial charge in [-0.05, 0) is 65.9 Å². The predicted molar refractivity (Wildman–Crippen MR) is 133 cm³/mol. The number of nitrogens with zero attached hydrogens (tertiary/aromatic N) is 1. The fourth-order valence-corrected chi connectivity index (χ4v) is 3.92. The van der Waals surface area contributed by atoms with Crippen molar-refractivity contribution in [2.24, 2.45) is 0 Å². The molecule has 0 fully saturated rings. The Kier molecular flexibility index (Phi) is 6.97. The fourth-order valence-electron chi connectivity index (χ4n) is 3.92. The van der Waals surface area contributed by atoms with Gasteiger partial charge in [0, 0.05) is 23.8 Å². The van der Waals surface area contributed by atoms with Crippen molar-refractivity contribution < 1.29 is 19.4 Å². The predicted octanol–water partition coefficient (Wildman–Crippen LogP) is 5.19. The van der Waals surface area contributed by atoms with Crippen molar-refractivity contribution in [2.75, 3.05) is 13.2 Å². The maximum absolute atomic E-state index is 12.3. The minimum atomic E-state index is -0.966. The molecule has 0 aliphatic carbocycles. The first kappa shape index (κ1) is 23.1. The Labute approximate surface area is 198 Å². The fraction of sp³-hybridized carbons (Fsp3) is 0.214. The molecule has 4 aromatic rings. The first-order valence-corrected chi connectivity index (χ1v) is 11.3. The zero-order valence-electron chi connectivity index (χ0n) is 19.3. The standard InChI is InChI=1S/C28H28N2O4/c1-19(2)20-8-11-24(12-9-20)34-18-27(31)29-15-14-22-17-30(23-6-4-3-5-7-23)26-13-10-21(28(32)33)16-25(22)26/h3-13,16-17,19H,14-15,18H2,1-2H3,(H,29,31)(H,32,33). The monoisotopic (exact) mass is 456 g/mol. The minimum absolute atomic E-state index is 0.0596. The Balaban J connectivity index is 1.42. The number of fused-ring (bicyclic) bond motifs is 1. The van der Waals surface area contributed by atoms with Gasteiger partial charge in [0.2, 0.25) is 0 Å². The third-order valence-electron chi connectivity index (χ3n) is 5.80. The number of rotatable bonds is 9. The van der Waals surface area contributed by atoms with E-state index in [2.05, 4.69) is 19.2 Å². The van der Waals surface area contributed by atoms with Crippen molar-refractivity contribution in [1.82, 2.24) is 9.88 Å². The van der Waals surface area contributed by atoms with Crippen molar-refractivity contribution in [3.05, 3.63) is 95.7 Å². The lowest BCUT2D eigenvalue weighted by Crippen LogP contribution is -2.30. The van der Waals surface area contributed by atoms with E-state index in [0.29, 0.717) is 24.6 Å². The number of carboxylic acid groups (broad SMARTS) is 1. The van der Waals surface area contributed by atoms with Crippen LogP contribution in [0.3, 0.4) is 0 Å². The van der Waals surface area contributed by atoms with Crippen LogP contribution in [0.25, 0.3) is 16.6 Å². The van der Waals surface area contributed by atoms with Gasteiger partial charge < -0.3 is 19.7 Å². The van der Waals surface area contributed by atoms with Crippen LogP contribution in [0, 0.1) is 0 Å². The van der Waals surface area contributed by atoms with Crippen LogP contribution in [-0.2, 0) is 11.2 Å². The number of carbonyl (C=O) groups is 2. The second kappa shape index (κ2) is 10.3. The van der Waals surface area contributed by atoms with Crippen molar-refractivity contribution in [3.8, 4) is 11.4 Å². The molecular weight excluding hydrogens is 428 g/mol. The number of amides is 1. The number of carboxylic acids is 1. The molecule has 34 heavy (non-hydrogen) atoms. The van der Waals surface area contributed by atoms with Crippen LogP contribution >= 0.6 is 0 Å². The van der Waals surface area contributed by atoms with E-state index in [0.717, 1.165) is 22.2 Å². The van der Waals surface area contributed by atoms with Crippen LogP contribution in [0.15, 0.2) is 79.0 Å². The summed E-state index contributed by atoms with van der Waals surface area (Å²) in [4.78, 5) is 23.8. The van der Waals surface area contributed by atoms with Gasteiger partial charge in [0.15, 0.2) is 6.61 Å². The van der Waals surface area contributed by atoms with Gasteiger partial charge in [-0.3, -0.25) is 4.79 Å². The summed E-state index contributed by atoms with van der Waals surface area (Å²) in [5.74, 6) is -0.0680. The number of nitrogens with one attached hydrogen (secondary N) is 1. The molecular formula is C28H28N2O4. The molecule has 1 heterocycles. The first-order chi connectivity index (χ1) is 16.4. The zero-order valence-corrected chi connectivity index (χ0v) is 19.3. The van der Waals surface area contributed by atoms with Gasteiger partial charge in [-0.2, -0.15) is 0 Å². The van der Waals surface area contributed by atoms with E-state index in [1.165, 1.54) is 5.56 Å². The molecule has 3 aromatic carbocycles. The molecule has 6 heteroatoms. The molecule has 0 unspecified atom stereocenters. The molecule has 1 amide bonds. The summed E-state index contributed by atoms with van der Waals surface area (Å²) in [6.07, 6.45) is 2.57. The minimum Gasteiger partial charge on any atom is -0.484 e. The Bertz CT molecular complexity index is 1290. The van der Waals surface area contributed by atoms with Gasteiger partial charge >= 0.3 is 5.97 Å². The lowest BCUT2D eigenvalue weighted by molar-refractivity contribution is -0.123. The van der Waals surface area contributed by atoms with Gasteiger partial charge in [-0.15, -0.1) is 0 Å². The number of ether oxygens (including phenoxy) is 1. The number of benzene rings is 3. The average Bonchev–Trinajstić information content (AvgIpc) is 3.21. The molecule has 0 aliphatic rings. The summed E-state index contributed by atoms with van der Waals surface area (Å²) < 4.78 is 7.64. The highest BCUT2D eigenvalue weighted by molar-refractivity contribution is 5.95. The Hall–Kier alpha value is -4.06. The molecule has 0 saturated carbocycles. The second-order valence-electron chi connectivity index (χ2n) is 8.51. The first-order valence-electron chi connectivity index (χ1n) is 11.3. The molecule has 0 saturated heterocycles. The van der Waals surface area contributed by atoms with Crippen LogP contribution < -0.4 is 10.1 Å². The number of aromatic carboxylic acids is 1. The van der Waals surface area contributed by atoms with Crippen LogP contribution in [0.2, 0.25) is 0 Å². The summed E-state index contributed by atoms with van der Waals surface area (Å²) in [5.41, 5.74) is 4.33. The van der Waals surface area contributed by atoms with Crippen molar-refractivity contribution in [3.63, 3.8) is 0 Å². The summed E-state index contributed by atoms with van der Waals surface area (Å²) in [6.45, 7) is 4.61. The molecule has 6 nitrogen and oxygen atoms in total. The van der Waals surface area contributed by atoms with E-state index in [9.17, 15) is 14.7 Å². The maximum Gasteiger partial charge on any atom is 0.335 e. The molecule has 0 radical (unpaired) electrons. The summed E-state index contributed by atoms with van der Waals surface area (Å²) in [5, 5.41) is 13.2. The van der Waals surface area contributed by atoms with Gasteiger partial charge in [-0.1, -0.05) is 44.2 Å².